The normalized spacial score (nSPS) is 42.4. The lowest BCUT2D eigenvalue weighted by Crippen LogP contribution is -2.32. The second-order valence-electron chi connectivity index (χ2n) is 4.31. The van der Waals surface area contributed by atoms with Crippen LogP contribution in [0.1, 0.15) is 38.5 Å². The zero-order valence-corrected chi connectivity index (χ0v) is 8.32. The van der Waals surface area contributed by atoms with Gasteiger partial charge in [-0.1, -0.05) is 31.4 Å². The third-order valence-corrected chi connectivity index (χ3v) is 4.20. The molecule has 3 unspecified atom stereocenters. The van der Waals surface area contributed by atoms with E-state index in [2.05, 4.69) is 6.58 Å². The first-order chi connectivity index (χ1) is 5.79. The van der Waals surface area contributed by atoms with Crippen LogP contribution >= 0.6 is 11.6 Å². The Labute approximate surface area is 80.0 Å². The van der Waals surface area contributed by atoms with Crippen LogP contribution in [-0.4, -0.2) is 5.38 Å². The lowest BCUT2D eigenvalue weighted by atomic mass is 9.69. The second-order valence-corrected chi connectivity index (χ2v) is 4.78. The summed E-state index contributed by atoms with van der Waals surface area (Å²) in [6.07, 6.45) is 8.11. The minimum absolute atomic E-state index is 0.295. The molecule has 12 heavy (non-hydrogen) atoms. The highest BCUT2D eigenvalue weighted by Crippen LogP contribution is 2.44. The van der Waals surface area contributed by atoms with Crippen molar-refractivity contribution in [2.45, 2.75) is 43.9 Å². The number of hydrogen-bond donors (Lipinski definition) is 0. The van der Waals surface area contributed by atoms with Gasteiger partial charge in [-0.05, 0) is 31.1 Å². The molecule has 2 fully saturated rings. The van der Waals surface area contributed by atoms with Crippen molar-refractivity contribution in [2.24, 2.45) is 11.8 Å². The highest BCUT2D eigenvalue weighted by atomic mass is 35.5. The monoisotopic (exact) mass is 184 g/mol. The van der Waals surface area contributed by atoms with Crippen LogP contribution in [0.5, 0.6) is 0 Å². The van der Waals surface area contributed by atoms with Crippen LogP contribution in [0.2, 0.25) is 0 Å². The van der Waals surface area contributed by atoms with Crippen molar-refractivity contribution >= 4 is 11.6 Å². The molecule has 68 valence electrons. The predicted molar refractivity (Wildman–Crippen MR) is 53.5 cm³/mol. The Morgan fingerprint density at radius 1 is 1.17 bits per heavy atom. The molecule has 0 amide bonds. The molecule has 0 N–H and O–H groups in total. The smallest absolute Gasteiger partial charge is 0.0573 e. The largest absolute Gasteiger partial charge is 0.118 e. The van der Waals surface area contributed by atoms with Crippen LogP contribution in [0.3, 0.4) is 0 Å². The molecule has 2 saturated carbocycles. The lowest BCUT2D eigenvalue weighted by Gasteiger charge is -2.39. The van der Waals surface area contributed by atoms with Gasteiger partial charge in [-0.3, -0.25) is 0 Å². The molecule has 0 radical (unpaired) electrons. The molecule has 2 aliphatic carbocycles. The van der Waals surface area contributed by atoms with Crippen LogP contribution in [0.15, 0.2) is 12.2 Å². The Kier molecular flexibility index (Phi) is 2.45. The zero-order chi connectivity index (χ0) is 8.55. The molecule has 3 atom stereocenters. The van der Waals surface area contributed by atoms with Crippen molar-refractivity contribution in [1.29, 1.82) is 0 Å². The molecular formula is C11H17Cl. The van der Waals surface area contributed by atoms with E-state index in [0.29, 0.717) is 5.38 Å². The Balaban J connectivity index is 2.08. The summed E-state index contributed by atoms with van der Waals surface area (Å²) in [6.45, 7) is 4.05. The van der Waals surface area contributed by atoms with Crippen molar-refractivity contribution in [2.75, 3.05) is 0 Å². The lowest BCUT2D eigenvalue weighted by molar-refractivity contribution is 0.203. The van der Waals surface area contributed by atoms with Crippen LogP contribution in [0.4, 0.5) is 0 Å². The van der Waals surface area contributed by atoms with E-state index < -0.39 is 0 Å². The summed E-state index contributed by atoms with van der Waals surface area (Å²) in [6, 6.07) is 0. The van der Waals surface area contributed by atoms with E-state index in [-0.39, 0.29) is 0 Å². The van der Waals surface area contributed by atoms with E-state index in [4.69, 9.17) is 11.6 Å². The molecule has 2 aliphatic rings. The Bertz CT molecular complexity index is 185. The molecule has 0 saturated heterocycles. The van der Waals surface area contributed by atoms with Gasteiger partial charge in [0.25, 0.3) is 0 Å². The molecule has 0 aromatic rings. The van der Waals surface area contributed by atoms with Crippen molar-refractivity contribution in [3.05, 3.63) is 12.2 Å². The fourth-order valence-electron chi connectivity index (χ4n) is 2.79. The van der Waals surface area contributed by atoms with Crippen LogP contribution in [0.25, 0.3) is 0 Å². The van der Waals surface area contributed by atoms with Crippen molar-refractivity contribution in [3.63, 3.8) is 0 Å². The fourth-order valence-corrected chi connectivity index (χ4v) is 3.23. The van der Waals surface area contributed by atoms with E-state index in [1.807, 2.05) is 0 Å². The van der Waals surface area contributed by atoms with Crippen molar-refractivity contribution in [3.8, 4) is 0 Å². The van der Waals surface area contributed by atoms with E-state index >= 15 is 0 Å². The van der Waals surface area contributed by atoms with Crippen molar-refractivity contribution in [1.82, 2.24) is 0 Å². The van der Waals surface area contributed by atoms with Crippen LogP contribution in [-0.2, 0) is 0 Å². The first-order valence-electron chi connectivity index (χ1n) is 5.11. The van der Waals surface area contributed by atoms with Crippen LogP contribution < -0.4 is 0 Å². The maximum Gasteiger partial charge on any atom is 0.0573 e. The molecule has 0 spiro atoms. The average Bonchev–Trinajstić information content (AvgIpc) is 2.12. The van der Waals surface area contributed by atoms with Gasteiger partial charge in [-0.25, -0.2) is 0 Å². The minimum atomic E-state index is 0.295. The van der Waals surface area contributed by atoms with Gasteiger partial charge in [-0.2, -0.15) is 0 Å². The number of hydrogen-bond acceptors (Lipinski definition) is 0. The summed E-state index contributed by atoms with van der Waals surface area (Å²) in [5, 5.41) is 0.295. The molecular weight excluding hydrogens is 168 g/mol. The summed E-state index contributed by atoms with van der Waals surface area (Å²) in [5.74, 6) is 1.69. The first kappa shape index (κ1) is 8.62. The average molecular weight is 185 g/mol. The van der Waals surface area contributed by atoms with Gasteiger partial charge in [0.2, 0.25) is 0 Å². The van der Waals surface area contributed by atoms with E-state index in [0.717, 1.165) is 11.8 Å². The number of allylic oxidation sites excluding steroid dienone is 1. The molecule has 0 aliphatic heterocycles. The summed E-state index contributed by atoms with van der Waals surface area (Å²) >= 11 is 6.34. The van der Waals surface area contributed by atoms with Gasteiger partial charge in [-0.15, -0.1) is 11.6 Å². The number of fused-ring (bicyclic) bond motifs is 1. The van der Waals surface area contributed by atoms with Gasteiger partial charge in [0.15, 0.2) is 0 Å². The number of halogens is 1. The molecule has 0 bridgehead atoms. The van der Waals surface area contributed by atoms with Crippen LogP contribution in [0, 0.1) is 11.8 Å². The summed E-state index contributed by atoms with van der Waals surface area (Å²) in [7, 11) is 0. The summed E-state index contributed by atoms with van der Waals surface area (Å²) < 4.78 is 0. The van der Waals surface area contributed by atoms with E-state index in [1.165, 1.54) is 44.1 Å². The fraction of sp³-hybridized carbons (Fsp3) is 0.818. The first-order valence-corrected chi connectivity index (χ1v) is 5.54. The molecule has 0 aromatic heterocycles. The van der Waals surface area contributed by atoms with E-state index in [1.54, 1.807) is 0 Å². The zero-order valence-electron chi connectivity index (χ0n) is 7.56. The number of alkyl halides is 1. The SMILES string of the molecule is C=C1CCC2CCCCC2C1Cl. The Morgan fingerprint density at radius 3 is 2.75 bits per heavy atom. The van der Waals surface area contributed by atoms with Gasteiger partial charge < -0.3 is 0 Å². The quantitative estimate of drug-likeness (QED) is 0.398. The number of rotatable bonds is 0. The highest BCUT2D eigenvalue weighted by molar-refractivity contribution is 6.22. The maximum atomic E-state index is 6.34. The molecule has 1 heteroatoms. The van der Waals surface area contributed by atoms with Crippen molar-refractivity contribution < 1.29 is 0 Å². The third kappa shape index (κ3) is 1.42. The van der Waals surface area contributed by atoms with Gasteiger partial charge in [0.05, 0.1) is 5.38 Å². The van der Waals surface area contributed by atoms with Gasteiger partial charge in [0.1, 0.15) is 0 Å². The Morgan fingerprint density at radius 2 is 1.92 bits per heavy atom. The molecule has 0 aromatic carbocycles. The van der Waals surface area contributed by atoms with Gasteiger partial charge >= 0.3 is 0 Å². The predicted octanol–water partition coefficient (Wildman–Crippen LogP) is 3.75. The standard InChI is InChI=1S/C11H17Cl/c1-8-6-7-9-4-2-3-5-10(9)11(8)12/h9-11H,1-7H2. The maximum absolute atomic E-state index is 6.34. The summed E-state index contributed by atoms with van der Waals surface area (Å²) in [4.78, 5) is 0. The second kappa shape index (κ2) is 3.41. The van der Waals surface area contributed by atoms with E-state index in [9.17, 15) is 0 Å². The van der Waals surface area contributed by atoms with Gasteiger partial charge in [0, 0.05) is 0 Å². The topological polar surface area (TPSA) is 0 Å². The highest BCUT2D eigenvalue weighted by Gasteiger charge is 2.35. The molecule has 0 heterocycles. The molecule has 2 rings (SSSR count). The Hall–Kier alpha value is 0.0300. The minimum Gasteiger partial charge on any atom is -0.118 e. The summed E-state index contributed by atoms with van der Waals surface area (Å²) in [5.41, 5.74) is 1.29. The molecule has 0 nitrogen and oxygen atoms in total. The third-order valence-electron chi connectivity index (χ3n) is 3.57.